The van der Waals surface area contributed by atoms with Gasteiger partial charge in [0.1, 0.15) is 0 Å². The molecule has 2 N–H and O–H groups in total. The number of rotatable bonds is 1. The van der Waals surface area contributed by atoms with Crippen molar-refractivity contribution in [3.8, 4) is 0 Å². The highest BCUT2D eigenvalue weighted by molar-refractivity contribution is 5.55. The summed E-state index contributed by atoms with van der Waals surface area (Å²) in [6.07, 6.45) is 9.15. The topological polar surface area (TPSA) is 40.5 Å². The summed E-state index contributed by atoms with van der Waals surface area (Å²) >= 11 is 0. The van der Waals surface area contributed by atoms with Crippen LogP contribution in [0.2, 0.25) is 0 Å². The van der Waals surface area contributed by atoms with Crippen LogP contribution in [0.15, 0.2) is 48.1 Å². The van der Waals surface area contributed by atoms with E-state index in [0.717, 1.165) is 38.5 Å². The molecule has 4 aliphatic carbocycles. The maximum atomic E-state index is 11.4. The molecule has 0 aromatic heterocycles. The molecule has 0 aliphatic heterocycles. The van der Waals surface area contributed by atoms with Gasteiger partial charge >= 0.3 is 0 Å². The Morgan fingerprint density at radius 1 is 0.966 bits per heavy atom. The largest absolute Gasteiger partial charge is 0.393 e. The van der Waals surface area contributed by atoms with Gasteiger partial charge in [0, 0.05) is 5.41 Å². The normalized spacial score (nSPS) is 48.1. The van der Waals surface area contributed by atoms with Gasteiger partial charge in [-0.3, -0.25) is 0 Å². The monoisotopic (exact) mass is 392 g/mol. The molecule has 29 heavy (non-hydrogen) atoms. The lowest BCUT2D eigenvalue weighted by Crippen LogP contribution is -2.55. The van der Waals surface area contributed by atoms with Gasteiger partial charge in [-0.05, 0) is 85.2 Å². The molecule has 5 rings (SSSR count). The van der Waals surface area contributed by atoms with Crippen molar-refractivity contribution < 1.29 is 10.2 Å². The first-order valence-electron chi connectivity index (χ1n) is 11.6. The molecular weight excluding hydrogens is 356 g/mol. The highest BCUT2D eigenvalue weighted by Crippen LogP contribution is 2.67. The standard InChI is InChI=1S/C27H36O2/c1-17-13-21-22(26(2)11-9-20(28)16-23(17)26)10-12-27(3)24(21)15-19(25(27)29)14-18-7-5-4-6-8-18/h4-8,14,20-25,28-29H,1,9-13,15-16H2,2-3H3/t20?,21-,22-,23?,24+,25?,26-,27+/m1/s1. The Hall–Kier alpha value is -1.38. The summed E-state index contributed by atoms with van der Waals surface area (Å²) in [5.41, 5.74) is 4.05. The summed E-state index contributed by atoms with van der Waals surface area (Å²) in [5.74, 6) is 2.33. The molecule has 0 heterocycles. The molecule has 2 heteroatoms. The van der Waals surface area contributed by atoms with E-state index < -0.39 is 0 Å². The Bertz CT molecular complexity index is 826. The van der Waals surface area contributed by atoms with Crippen LogP contribution >= 0.6 is 0 Å². The van der Waals surface area contributed by atoms with E-state index in [9.17, 15) is 10.2 Å². The third-order valence-electron chi connectivity index (χ3n) is 9.62. The van der Waals surface area contributed by atoms with Crippen LogP contribution in [0.25, 0.3) is 6.08 Å². The summed E-state index contributed by atoms with van der Waals surface area (Å²) in [5, 5.41) is 21.7. The first-order chi connectivity index (χ1) is 13.8. The van der Waals surface area contributed by atoms with Gasteiger partial charge in [-0.2, -0.15) is 0 Å². The van der Waals surface area contributed by atoms with E-state index in [2.05, 4.69) is 50.8 Å². The zero-order chi connectivity index (χ0) is 20.4. The zero-order valence-corrected chi connectivity index (χ0v) is 18.0. The van der Waals surface area contributed by atoms with Gasteiger partial charge in [-0.15, -0.1) is 0 Å². The van der Waals surface area contributed by atoms with Gasteiger partial charge in [0.05, 0.1) is 12.2 Å². The number of allylic oxidation sites excluding steroid dienone is 1. The molecule has 4 saturated carbocycles. The molecule has 4 fully saturated rings. The summed E-state index contributed by atoms with van der Waals surface area (Å²) in [7, 11) is 0. The van der Waals surface area contributed by atoms with Crippen LogP contribution in [0.3, 0.4) is 0 Å². The molecule has 2 nitrogen and oxygen atoms in total. The summed E-state index contributed by atoms with van der Waals surface area (Å²) in [6.45, 7) is 9.35. The van der Waals surface area contributed by atoms with E-state index in [1.54, 1.807) is 0 Å². The van der Waals surface area contributed by atoms with Gasteiger partial charge in [-0.25, -0.2) is 0 Å². The second kappa shape index (κ2) is 6.82. The number of fused-ring (bicyclic) bond motifs is 5. The minimum Gasteiger partial charge on any atom is -0.393 e. The first-order valence-corrected chi connectivity index (χ1v) is 11.6. The van der Waals surface area contributed by atoms with Crippen LogP contribution in [0.5, 0.6) is 0 Å². The van der Waals surface area contributed by atoms with E-state index in [1.165, 1.54) is 23.1 Å². The highest BCUT2D eigenvalue weighted by atomic mass is 16.3. The lowest BCUT2D eigenvalue weighted by Gasteiger charge is -2.61. The second-order valence-corrected chi connectivity index (χ2v) is 11.0. The SMILES string of the molecule is C=C1C[C@@H]2[C@@H](CC[C@]3(C)C(O)C(=Cc4ccccc4)C[C@@H]23)[C@@]2(C)CCC(O)CC12. The molecule has 0 amide bonds. The Labute approximate surface area is 175 Å². The fourth-order valence-electron chi connectivity index (χ4n) is 7.99. The molecule has 0 spiro atoms. The molecule has 3 unspecified atom stereocenters. The minimum absolute atomic E-state index is 0.0144. The summed E-state index contributed by atoms with van der Waals surface area (Å²) < 4.78 is 0. The lowest BCUT2D eigenvalue weighted by atomic mass is 9.44. The smallest absolute Gasteiger partial charge is 0.0809 e. The summed E-state index contributed by atoms with van der Waals surface area (Å²) in [4.78, 5) is 0. The summed E-state index contributed by atoms with van der Waals surface area (Å²) in [6, 6.07) is 10.5. The molecule has 8 atom stereocenters. The maximum absolute atomic E-state index is 11.4. The van der Waals surface area contributed by atoms with Crippen LogP contribution in [-0.4, -0.2) is 22.4 Å². The molecule has 1 aromatic carbocycles. The highest BCUT2D eigenvalue weighted by Gasteiger charge is 2.61. The van der Waals surface area contributed by atoms with Crippen molar-refractivity contribution in [2.45, 2.75) is 71.0 Å². The Kier molecular flexibility index (Phi) is 4.60. The van der Waals surface area contributed by atoms with Crippen LogP contribution in [0, 0.1) is 34.5 Å². The third kappa shape index (κ3) is 2.90. The first kappa shape index (κ1) is 19.6. The number of hydrogen-bond donors (Lipinski definition) is 2. The molecular formula is C27H36O2. The molecule has 4 aliphatic rings. The molecule has 0 saturated heterocycles. The van der Waals surface area contributed by atoms with Crippen molar-refractivity contribution in [2.24, 2.45) is 34.5 Å². The van der Waals surface area contributed by atoms with Crippen LogP contribution in [-0.2, 0) is 0 Å². The van der Waals surface area contributed by atoms with Gasteiger partial charge in [0.2, 0.25) is 0 Å². The average Bonchev–Trinajstić information content (AvgIpc) is 2.95. The van der Waals surface area contributed by atoms with Crippen molar-refractivity contribution in [2.75, 3.05) is 0 Å². The van der Waals surface area contributed by atoms with E-state index >= 15 is 0 Å². The van der Waals surface area contributed by atoms with Crippen molar-refractivity contribution in [1.29, 1.82) is 0 Å². The zero-order valence-electron chi connectivity index (χ0n) is 18.0. The van der Waals surface area contributed by atoms with E-state index in [0.29, 0.717) is 23.7 Å². The fraction of sp³-hybridized carbons (Fsp3) is 0.630. The Balaban J connectivity index is 1.48. The van der Waals surface area contributed by atoms with Crippen molar-refractivity contribution in [1.82, 2.24) is 0 Å². The van der Waals surface area contributed by atoms with Crippen LogP contribution < -0.4 is 0 Å². The second-order valence-electron chi connectivity index (χ2n) is 11.0. The number of aliphatic hydroxyl groups excluding tert-OH is 2. The molecule has 0 radical (unpaired) electrons. The predicted molar refractivity (Wildman–Crippen MR) is 118 cm³/mol. The van der Waals surface area contributed by atoms with Crippen molar-refractivity contribution in [3.05, 3.63) is 53.6 Å². The van der Waals surface area contributed by atoms with E-state index in [1.807, 2.05) is 6.07 Å². The lowest BCUT2D eigenvalue weighted by molar-refractivity contribution is -0.114. The maximum Gasteiger partial charge on any atom is 0.0809 e. The number of aliphatic hydroxyl groups is 2. The Morgan fingerprint density at radius 3 is 2.45 bits per heavy atom. The fourth-order valence-corrected chi connectivity index (χ4v) is 7.99. The molecule has 156 valence electrons. The van der Waals surface area contributed by atoms with Crippen molar-refractivity contribution in [3.63, 3.8) is 0 Å². The van der Waals surface area contributed by atoms with Crippen molar-refractivity contribution >= 4 is 6.08 Å². The average molecular weight is 393 g/mol. The Morgan fingerprint density at radius 2 is 1.69 bits per heavy atom. The van der Waals surface area contributed by atoms with Crippen LogP contribution in [0.1, 0.15) is 64.4 Å². The number of hydrogen-bond acceptors (Lipinski definition) is 2. The molecule has 0 bridgehead atoms. The quantitative estimate of drug-likeness (QED) is 0.610. The minimum atomic E-state index is -0.333. The molecule has 1 aromatic rings. The van der Waals surface area contributed by atoms with E-state index in [4.69, 9.17) is 0 Å². The van der Waals surface area contributed by atoms with Gasteiger partial charge in [0.25, 0.3) is 0 Å². The van der Waals surface area contributed by atoms with Gasteiger partial charge < -0.3 is 10.2 Å². The van der Waals surface area contributed by atoms with Gasteiger partial charge in [0.15, 0.2) is 0 Å². The van der Waals surface area contributed by atoms with Crippen LogP contribution in [0.4, 0.5) is 0 Å². The van der Waals surface area contributed by atoms with E-state index in [-0.39, 0.29) is 23.0 Å². The number of benzene rings is 1. The predicted octanol–water partition coefficient (Wildman–Crippen LogP) is 5.61. The van der Waals surface area contributed by atoms with Gasteiger partial charge in [-0.1, -0.05) is 62.4 Å². The third-order valence-corrected chi connectivity index (χ3v) is 9.62.